The topological polar surface area (TPSA) is 123 Å². The molecule has 0 aliphatic carbocycles. The van der Waals surface area contributed by atoms with Gasteiger partial charge in [0.1, 0.15) is 0 Å². The van der Waals surface area contributed by atoms with Crippen LogP contribution in [0.25, 0.3) is 11.4 Å². The zero-order chi connectivity index (χ0) is 16.8. The number of aromatic nitrogens is 2. The summed E-state index contributed by atoms with van der Waals surface area (Å²) in [6.07, 6.45) is 0.791. The number of non-ortho nitro benzene ring substituents is 1. The summed E-state index contributed by atoms with van der Waals surface area (Å²) in [6, 6.07) is 5.91. The second-order valence-electron chi connectivity index (χ2n) is 4.92. The maximum atomic E-state index is 10.8. The molecule has 2 rings (SSSR count). The Kier molecular flexibility index (Phi) is 7.28. The van der Waals surface area contributed by atoms with Crippen LogP contribution in [0.2, 0.25) is 0 Å². The molecule has 1 heterocycles. The Labute approximate surface area is 143 Å². The lowest BCUT2D eigenvalue weighted by Crippen LogP contribution is -2.30. The molecule has 2 aromatic rings. The molecule has 0 aliphatic rings. The summed E-state index contributed by atoms with van der Waals surface area (Å²) in [4.78, 5) is 27.0. The first-order chi connectivity index (χ1) is 11.0. The summed E-state index contributed by atoms with van der Waals surface area (Å²) in [5.41, 5.74) is 0.404. The molecule has 0 fully saturated rings. The third kappa shape index (κ3) is 5.28. The summed E-state index contributed by atoms with van der Waals surface area (Å²) in [7, 11) is 0. The highest BCUT2D eigenvalue weighted by Gasteiger charge is 2.16. The van der Waals surface area contributed by atoms with Crippen molar-refractivity contribution < 1.29 is 19.3 Å². The minimum absolute atomic E-state index is 0. The number of aliphatic carboxylic acids is 1. The van der Waals surface area contributed by atoms with Gasteiger partial charge >= 0.3 is 5.97 Å². The second kappa shape index (κ2) is 8.94. The average molecular weight is 357 g/mol. The Morgan fingerprint density at radius 1 is 1.46 bits per heavy atom. The largest absolute Gasteiger partial charge is 0.480 e. The smallest absolute Gasteiger partial charge is 0.317 e. The van der Waals surface area contributed by atoms with Gasteiger partial charge in [-0.2, -0.15) is 4.98 Å². The number of carbonyl (C=O) groups is 1. The van der Waals surface area contributed by atoms with Gasteiger partial charge in [0.05, 0.1) is 18.0 Å². The molecule has 0 spiro atoms. The van der Waals surface area contributed by atoms with E-state index in [1.54, 1.807) is 11.0 Å². The predicted octanol–water partition coefficient (Wildman–Crippen LogP) is 2.36. The van der Waals surface area contributed by atoms with Crippen molar-refractivity contribution >= 4 is 24.1 Å². The predicted molar refractivity (Wildman–Crippen MR) is 86.8 cm³/mol. The molecule has 0 saturated carbocycles. The number of nitrogens with zero attached hydrogens (tertiary/aromatic N) is 4. The van der Waals surface area contributed by atoms with E-state index in [1.807, 2.05) is 6.92 Å². The summed E-state index contributed by atoms with van der Waals surface area (Å²) >= 11 is 0. The minimum Gasteiger partial charge on any atom is -0.480 e. The Bertz CT molecular complexity index is 706. The highest BCUT2D eigenvalue weighted by molar-refractivity contribution is 5.85. The van der Waals surface area contributed by atoms with Gasteiger partial charge in [0.25, 0.3) is 5.69 Å². The highest BCUT2D eigenvalue weighted by Crippen LogP contribution is 2.21. The van der Waals surface area contributed by atoms with Crippen molar-refractivity contribution in [1.29, 1.82) is 0 Å². The maximum Gasteiger partial charge on any atom is 0.317 e. The van der Waals surface area contributed by atoms with Gasteiger partial charge in [-0.1, -0.05) is 24.2 Å². The van der Waals surface area contributed by atoms with Crippen LogP contribution in [-0.4, -0.2) is 44.1 Å². The number of hydrogen-bond donors (Lipinski definition) is 1. The zero-order valence-electron chi connectivity index (χ0n) is 12.9. The van der Waals surface area contributed by atoms with E-state index in [-0.39, 0.29) is 42.9 Å². The quantitative estimate of drug-likeness (QED) is 0.564. The van der Waals surface area contributed by atoms with Crippen LogP contribution >= 0.6 is 12.4 Å². The van der Waals surface area contributed by atoms with Crippen LogP contribution in [0.4, 0.5) is 5.69 Å². The van der Waals surface area contributed by atoms with Gasteiger partial charge < -0.3 is 9.63 Å². The monoisotopic (exact) mass is 356 g/mol. The fourth-order valence-corrected chi connectivity index (χ4v) is 2.11. The lowest BCUT2D eigenvalue weighted by molar-refractivity contribution is -0.384. The molecule has 0 amide bonds. The molecule has 10 heteroatoms. The molecule has 0 bridgehead atoms. The van der Waals surface area contributed by atoms with Crippen LogP contribution in [0, 0.1) is 10.1 Å². The standard InChI is InChI=1S/C14H16N4O5.ClH/c1-2-6-17(9-13(19)20)8-12-15-14(16-23-12)10-4-3-5-11(7-10)18(21)22;/h3-5,7H,2,6,8-9H2,1H3,(H,19,20);1H. The molecule has 0 aliphatic heterocycles. The van der Waals surface area contributed by atoms with E-state index < -0.39 is 10.9 Å². The van der Waals surface area contributed by atoms with Crippen LogP contribution in [0.5, 0.6) is 0 Å². The van der Waals surface area contributed by atoms with E-state index >= 15 is 0 Å². The lowest BCUT2D eigenvalue weighted by Gasteiger charge is -2.16. The van der Waals surface area contributed by atoms with Crippen molar-refractivity contribution in [3.63, 3.8) is 0 Å². The minimum atomic E-state index is -0.933. The molecule has 1 aromatic carbocycles. The number of hydrogen-bond acceptors (Lipinski definition) is 7. The SMILES string of the molecule is CCCN(CC(=O)O)Cc1nc(-c2cccc([N+](=O)[O-])c2)no1.Cl. The van der Waals surface area contributed by atoms with E-state index in [4.69, 9.17) is 9.63 Å². The number of halogens is 1. The normalized spacial score (nSPS) is 10.4. The molecule has 130 valence electrons. The third-order valence-electron chi connectivity index (χ3n) is 3.04. The van der Waals surface area contributed by atoms with E-state index in [0.29, 0.717) is 12.1 Å². The first-order valence-electron chi connectivity index (χ1n) is 7.01. The molecule has 0 atom stereocenters. The van der Waals surface area contributed by atoms with Crippen molar-refractivity contribution in [3.8, 4) is 11.4 Å². The Balaban J connectivity index is 0.00000288. The molecule has 1 N–H and O–H groups in total. The molecule has 1 aromatic heterocycles. The van der Waals surface area contributed by atoms with Crippen molar-refractivity contribution in [2.24, 2.45) is 0 Å². The molecule has 0 saturated heterocycles. The zero-order valence-corrected chi connectivity index (χ0v) is 13.7. The number of carboxylic acids is 1. The summed E-state index contributed by atoms with van der Waals surface area (Å²) < 4.78 is 5.11. The number of rotatable bonds is 8. The van der Waals surface area contributed by atoms with Gasteiger partial charge in [0, 0.05) is 17.7 Å². The molecule has 24 heavy (non-hydrogen) atoms. The Hall–Kier alpha value is -2.52. The first-order valence-corrected chi connectivity index (χ1v) is 7.01. The van der Waals surface area contributed by atoms with Crippen LogP contribution in [-0.2, 0) is 11.3 Å². The molecule has 0 radical (unpaired) electrons. The number of nitro groups is 1. The van der Waals surface area contributed by atoms with Crippen LogP contribution in [0.1, 0.15) is 19.2 Å². The van der Waals surface area contributed by atoms with Gasteiger partial charge in [0.15, 0.2) is 0 Å². The van der Waals surface area contributed by atoms with Crippen LogP contribution in [0.15, 0.2) is 28.8 Å². The van der Waals surface area contributed by atoms with Gasteiger partial charge in [0.2, 0.25) is 11.7 Å². The summed E-state index contributed by atoms with van der Waals surface area (Å²) in [5.74, 6) is -0.437. The van der Waals surface area contributed by atoms with E-state index in [9.17, 15) is 14.9 Å². The van der Waals surface area contributed by atoms with E-state index in [2.05, 4.69) is 10.1 Å². The van der Waals surface area contributed by atoms with Crippen molar-refractivity contribution in [1.82, 2.24) is 15.0 Å². The molecule has 9 nitrogen and oxygen atoms in total. The fraction of sp³-hybridized carbons (Fsp3) is 0.357. The third-order valence-corrected chi connectivity index (χ3v) is 3.04. The number of carboxylic acid groups (broad SMARTS) is 1. The van der Waals surface area contributed by atoms with Gasteiger partial charge in [-0.05, 0) is 13.0 Å². The van der Waals surface area contributed by atoms with Gasteiger partial charge in [-0.25, -0.2) is 0 Å². The van der Waals surface area contributed by atoms with Crippen molar-refractivity contribution in [2.75, 3.05) is 13.1 Å². The lowest BCUT2D eigenvalue weighted by atomic mass is 10.2. The maximum absolute atomic E-state index is 10.8. The Morgan fingerprint density at radius 2 is 2.21 bits per heavy atom. The average Bonchev–Trinajstić information content (AvgIpc) is 2.95. The van der Waals surface area contributed by atoms with Gasteiger partial charge in [-0.3, -0.25) is 19.8 Å². The van der Waals surface area contributed by atoms with E-state index in [1.165, 1.54) is 18.2 Å². The Morgan fingerprint density at radius 3 is 2.83 bits per heavy atom. The van der Waals surface area contributed by atoms with E-state index in [0.717, 1.165) is 6.42 Å². The van der Waals surface area contributed by atoms with Crippen molar-refractivity contribution in [2.45, 2.75) is 19.9 Å². The number of nitro benzene ring substituents is 1. The van der Waals surface area contributed by atoms with Crippen LogP contribution < -0.4 is 0 Å². The first kappa shape index (κ1) is 19.5. The summed E-state index contributed by atoms with van der Waals surface area (Å²) in [5, 5.41) is 23.5. The summed E-state index contributed by atoms with van der Waals surface area (Å²) in [6.45, 7) is 2.61. The molecular weight excluding hydrogens is 340 g/mol. The molecule has 0 unspecified atom stereocenters. The highest BCUT2D eigenvalue weighted by atomic mass is 35.5. The number of benzene rings is 1. The fourth-order valence-electron chi connectivity index (χ4n) is 2.11. The van der Waals surface area contributed by atoms with Gasteiger partial charge in [-0.15, -0.1) is 12.4 Å². The molecular formula is C14H17ClN4O5. The second-order valence-corrected chi connectivity index (χ2v) is 4.92. The van der Waals surface area contributed by atoms with Crippen molar-refractivity contribution in [3.05, 3.63) is 40.3 Å². The van der Waals surface area contributed by atoms with Crippen LogP contribution in [0.3, 0.4) is 0 Å².